The number of amides is 1. The first-order chi connectivity index (χ1) is 17.7. The summed E-state index contributed by atoms with van der Waals surface area (Å²) in [6.07, 6.45) is 7.90. The highest BCUT2D eigenvalue weighted by molar-refractivity contribution is 6.04. The van der Waals surface area contributed by atoms with Crippen molar-refractivity contribution in [2.45, 2.75) is 19.8 Å². The second kappa shape index (κ2) is 10.7. The Bertz CT molecular complexity index is 1460. The molecule has 0 aliphatic heterocycles. The van der Waals surface area contributed by atoms with Crippen LogP contribution in [0.15, 0.2) is 73.3 Å². The first-order valence-corrected chi connectivity index (χ1v) is 11.7. The maximum absolute atomic E-state index is 12.8. The summed E-state index contributed by atoms with van der Waals surface area (Å²) in [6.45, 7) is 2.96. The van der Waals surface area contributed by atoms with Crippen molar-refractivity contribution in [1.82, 2.24) is 40.0 Å². The first kappa shape index (κ1) is 23.0. The van der Waals surface area contributed by atoms with Crippen LogP contribution in [-0.4, -0.2) is 53.8 Å². The summed E-state index contributed by atoms with van der Waals surface area (Å²) in [5.41, 5.74) is 2.43. The Labute approximate surface area is 207 Å². The zero-order chi connectivity index (χ0) is 24.7. The Morgan fingerprint density at radius 1 is 0.944 bits per heavy atom. The third kappa shape index (κ3) is 4.88. The van der Waals surface area contributed by atoms with Gasteiger partial charge in [0.15, 0.2) is 5.82 Å². The maximum atomic E-state index is 12.8. The molecule has 10 nitrogen and oxygen atoms in total. The van der Waals surface area contributed by atoms with E-state index in [1.807, 2.05) is 47.9 Å². The molecule has 10 heteroatoms. The third-order valence-electron chi connectivity index (χ3n) is 5.49. The number of aryl methyl sites for hydroxylation is 1. The summed E-state index contributed by atoms with van der Waals surface area (Å²) in [7, 11) is 0. The normalized spacial score (nSPS) is 10.9. The van der Waals surface area contributed by atoms with Crippen LogP contribution < -0.4 is 10.1 Å². The fourth-order valence-electron chi connectivity index (χ4n) is 3.84. The van der Waals surface area contributed by atoms with E-state index < -0.39 is 0 Å². The van der Waals surface area contributed by atoms with Gasteiger partial charge in [-0.3, -0.25) is 19.3 Å². The van der Waals surface area contributed by atoms with E-state index in [1.165, 1.54) is 0 Å². The molecule has 5 heterocycles. The van der Waals surface area contributed by atoms with Gasteiger partial charge < -0.3 is 10.1 Å². The second-order valence-corrected chi connectivity index (χ2v) is 7.86. The first-order valence-electron chi connectivity index (χ1n) is 11.7. The van der Waals surface area contributed by atoms with Crippen LogP contribution in [0.5, 0.6) is 5.75 Å². The summed E-state index contributed by atoms with van der Waals surface area (Å²) < 4.78 is 7.39. The topological polar surface area (TPSA) is 121 Å². The van der Waals surface area contributed by atoms with Gasteiger partial charge in [0.25, 0.3) is 5.91 Å². The number of nitrogens with one attached hydrogen (secondary N) is 1. The Hall–Kier alpha value is -4.73. The molecular weight excluding hydrogens is 456 g/mol. The Morgan fingerprint density at radius 2 is 1.86 bits per heavy atom. The fourth-order valence-corrected chi connectivity index (χ4v) is 3.84. The van der Waals surface area contributed by atoms with E-state index in [2.05, 4.69) is 35.5 Å². The molecule has 0 aliphatic carbocycles. The summed E-state index contributed by atoms with van der Waals surface area (Å²) in [6, 6.07) is 14.7. The van der Waals surface area contributed by atoms with Crippen molar-refractivity contribution in [3.8, 4) is 23.1 Å². The van der Waals surface area contributed by atoms with Gasteiger partial charge in [0.2, 0.25) is 0 Å². The lowest BCUT2D eigenvalue weighted by Gasteiger charge is -2.10. The molecule has 0 saturated heterocycles. The highest BCUT2D eigenvalue weighted by atomic mass is 16.5. The highest BCUT2D eigenvalue weighted by Crippen LogP contribution is 2.22. The Balaban J connectivity index is 1.31. The van der Waals surface area contributed by atoms with Crippen LogP contribution in [-0.2, 0) is 6.42 Å². The molecule has 0 aromatic carbocycles. The predicted molar refractivity (Wildman–Crippen MR) is 134 cm³/mol. The number of nitrogens with zero attached hydrogens (tertiary/aromatic N) is 7. The lowest BCUT2D eigenvalue weighted by molar-refractivity contribution is 0.0954. The molecule has 0 radical (unpaired) electrons. The standard InChI is InChI=1S/C26H24N8O2/c1-2-36-18-10-11-21(31-17-18)25-33-32-23(34(25)22-8-3-4-13-28-22)9-6-15-30-26(35)19-12-16-27-20-7-5-14-29-24(19)20/h3-5,7-8,10-14,16-17H,2,6,9,15H2,1H3,(H,30,35). The second-order valence-electron chi connectivity index (χ2n) is 7.86. The zero-order valence-corrected chi connectivity index (χ0v) is 19.7. The van der Waals surface area contributed by atoms with E-state index in [0.717, 1.165) is 5.82 Å². The van der Waals surface area contributed by atoms with E-state index in [-0.39, 0.29) is 5.91 Å². The van der Waals surface area contributed by atoms with E-state index in [4.69, 9.17) is 4.74 Å². The predicted octanol–water partition coefficient (Wildman–Crippen LogP) is 3.43. The van der Waals surface area contributed by atoms with Crippen LogP contribution in [0.25, 0.3) is 28.4 Å². The number of fused-ring (bicyclic) bond motifs is 1. The van der Waals surface area contributed by atoms with Crippen molar-refractivity contribution in [1.29, 1.82) is 0 Å². The van der Waals surface area contributed by atoms with Gasteiger partial charge >= 0.3 is 0 Å². The molecule has 5 rings (SSSR count). The van der Waals surface area contributed by atoms with Crippen molar-refractivity contribution in [3.63, 3.8) is 0 Å². The average molecular weight is 481 g/mol. The summed E-state index contributed by atoms with van der Waals surface area (Å²) in [5, 5.41) is 11.8. The molecule has 5 aromatic heterocycles. The van der Waals surface area contributed by atoms with E-state index in [1.54, 1.807) is 36.9 Å². The molecule has 180 valence electrons. The van der Waals surface area contributed by atoms with Crippen LogP contribution in [0.4, 0.5) is 0 Å². The van der Waals surface area contributed by atoms with Gasteiger partial charge in [-0.05, 0) is 55.8 Å². The molecule has 0 unspecified atom stereocenters. The maximum Gasteiger partial charge on any atom is 0.253 e. The molecule has 0 atom stereocenters. The number of pyridine rings is 4. The van der Waals surface area contributed by atoms with E-state index in [9.17, 15) is 4.79 Å². The zero-order valence-electron chi connectivity index (χ0n) is 19.7. The monoisotopic (exact) mass is 480 g/mol. The minimum absolute atomic E-state index is 0.188. The van der Waals surface area contributed by atoms with Gasteiger partial charge in [-0.1, -0.05) is 6.07 Å². The van der Waals surface area contributed by atoms with Crippen LogP contribution in [0.3, 0.4) is 0 Å². The number of rotatable bonds is 9. The van der Waals surface area contributed by atoms with Gasteiger partial charge in [0.1, 0.15) is 28.6 Å². The van der Waals surface area contributed by atoms with Gasteiger partial charge in [0, 0.05) is 31.6 Å². The highest BCUT2D eigenvalue weighted by Gasteiger charge is 2.18. The molecule has 1 N–H and O–H groups in total. The number of hydrogen-bond acceptors (Lipinski definition) is 8. The van der Waals surface area contributed by atoms with Gasteiger partial charge in [-0.25, -0.2) is 9.97 Å². The van der Waals surface area contributed by atoms with Gasteiger partial charge in [0.05, 0.1) is 23.9 Å². The SMILES string of the molecule is CCOc1ccc(-c2nnc(CCCNC(=O)c3ccnc4cccnc34)n2-c2ccccn2)nc1. The number of aromatic nitrogens is 7. The largest absolute Gasteiger partial charge is 0.492 e. The van der Waals surface area contributed by atoms with Gasteiger partial charge in [-0.2, -0.15) is 0 Å². The quantitative estimate of drug-likeness (QED) is 0.319. The molecule has 0 aliphatic rings. The van der Waals surface area contributed by atoms with Crippen molar-refractivity contribution in [3.05, 3.63) is 84.7 Å². The number of ether oxygens (including phenoxy) is 1. The fraction of sp³-hybridized carbons (Fsp3) is 0.192. The van der Waals surface area contributed by atoms with Crippen LogP contribution in [0.2, 0.25) is 0 Å². The lowest BCUT2D eigenvalue weighted by atomic mass is 10.2. The third-order valence-corrected chi connectivity index (χ3v) is 5.49. The summed E-state index contributed by atoms with van der Waals surface area (Å²) in [5.74, 6) is 2.51. The summed E-state index contributed by atoms with van der Waals surface area (Å²) in [4.78, 5) is 30.3. The number of hydrogen-bond donors (Lipinski definition) is 1. The van der Waals surface area contributed by atoms with Gasteiger partial charge in [-0.15, -0.1) is 10.2 Å². The smallest absolute Gasteiger partial charge is 0.253 e. The molecule has 5 aromatic rings. The molecule has 1 amide bonds. The van der Waals surface area contributed by atoms with Crippen LogP contribution >= 0.6 is 0 Å². The minimum Gasteiger partial charge on any atom is -0.492 e. The average Bonchev–Trinajstić information content (AvgIpc) is 3.35. The molecule has 0 spiro atoms. The van der Waals surface area contributed by atoms with E-state index >= 15 is 0 Å². The van der Waals surface area contributed by atoms with E-state index in [0.29, 0.717) is 65.7 Å². The Morgan fingerprint density at radius 3 is 2.67 bits per heavy atom. The molecule has 0 bridgehead atoms. The van der Waals surface area contributed by atoms with Crippen molar-refractivity contribution in [2.24, 2.45) is 0 Å². The van der Waals surface area contributed by atoms with Crippen LogP contribution in [0, 0.1) is 0 Å². The van der Waals surface area contributed by atoms with Crippen LogP contribution in [0.1, 0.15) is 29.5 Å². The Kier molecular flexibility index (Phi) is 6.83. The number of carbonyl (C=O) groups is 1. The minimum atomic E-state index is -0.188. The van der Waals surface area contributed by atoms with Crippen molar-refractivity contribution >= 4 is 16.9 Å². The molecule has 0 fully saturated rings. The number of carbonyl (C=O) groups excluding carboxylic acids is 1. The van der Waals surface area contributed by atoms with Crippen molar-refractivity contribution < 1.29 is 9.53 Å². The molecule has 0 saturated carbocycles. The summed E-state index contributed by atoms with van der Waals surface area (Å²) >= 11 is 0. The molecule has 36 heavy (non-hydrogen) atoms. The van der Waals surface area contributed by atoms with Crippen molar-refractivity contribution in [2.75, 3.05) is 13.2 Å². The lowest BCUT2D eigenvalue weighted by Crippen LogP contribution is -2.25. The molecular formula is C26H24N8O2.